The fourth-order valence-electron chi connectivity index (χ4n) is 5.25. The number of aliphatic hydroxyl groups is 1. The van der Waals surface area contributed by atoms with Crippen molar-refractivity contribution in [3.63, 3.8) is 0 Å². The molecule has 0 saturated carbocycles. The molecular weight excluding hydrogens is 476 g/mol. The van der Waals surface area contributed by atoms with Crippen molar-refractivity contribution >= 4 is 17.0 Å². The van der Waals surface area contributed by atoms with E-state index >= 15 is 0 Å². The Bertz CT molecular complexity index is 1410. The lowest BCUT2D eigenvalue weighted by atomic mass is 9.88. The van der Waals surface area contributed by atoms with Gasteiger partial charge in [0.2, 0.25) is 0 Å². The van der Waals surface area contributed by atoms with E-state index in [0.717, 1.165) is 11.1 Å². The monoisotopic (exact) mass is 506 g/mol. The minimum absolute atomic E-state index is 0.124. The summed E-state index contributed by atoms with van der Waals surface area (Å²) in [4.78, 5) is 12.7. The van der Waals surface area contributed by atoms with Crippen molar-refractivity contribution in [1.29, 1.82) is 0 Å². The molecule has 1 unspecified atom stereocenters. The predicted octanol–water partition coefficient (Wildman–Crippen LogP) is 4.23. The minimum atomic E-state index is -1.56. The summed E-state index contributed by atoms with van der Waals surface area (Å²) >= 11 is 0. The molecule has 4 heterocycles. The molecule has 0 bridgehead atoms. The van der Waals surface area contributed by atoms with E-state index in [9.17, 15) is 9.90 Å². The number of rotatable bonds is 4. The molecule has 0 amide bonds. The molecular formula is C29H30O8. The first-order valence-electron chi connectivity index (χ1n) is 12.4. The number of hydrogen-bond donors (Lipinski definition) is 1. The second-order valence-corrected chi connectivity index (χ2v) is 10.7. The van der Waals surface area contributed by atoms with E-state index in [1.165, 1.54) is 6.07 Å². The van der Waals surface area contributed by atoms with Crippen LogP contribution in [0.3, 0.4) is 0 Å². The second kappa shape index (κ2) is 8.59. The van der Waals surface area contributed by atoms with Gasteiger partial charge in [-0.1, -0.05) is 42.5 Å². The summed E-state index contributed by atoms with van der Waals surface area (Å²) in [5.41, 5.74) is 0.318. The lowest BCUT2D eigenvalue weighted by Gasteiger charge is -2.33. The Morgan fingerprint density at radius 3 is 2.43 bits per heavy atom. The van der Waals surface area contributed by atoms with Gasteiger partial charge in [-0.25, -0.2) is 0 Å². The molecule has 3 aromatic rings. The molecule has 3 aliphatic heterocycles. The molecule has 1 N–H and O–H groups in total. The van der Waals surface area contributed by atoms with Crippen molar-refractivity contribution in [3.8, 4) is 11.3 Å². The van der Waals surface area contributed by atoms with Gasteiger partial charge in [0.25, 0.3) is 0 Å². The van der Waals surface area contributed by atoms with Gasteiger partial charge >= 0.3 is 0 Å². The molecule has 5 atom stereocenters. The zero-order valence-corrected chi connectivity index (χ0v) is 21.2. The molecule has 1 aromatic heterocycles. The summed E-state index contributed by atoms with van der Waals surface area (Å²) in [6, 6.07) is 16.3. The van der Waals surface area contributed by atoms with E-state index in [4.69, 9.17) is 28.1 Å². The molecule has 3 fully saturated rings. The van der Waals surface area contributed by atoms with Crippen molar-refractivity contribution in [1.82, 2.24) is 0 Å². The van der Waals surface area contributed by atoms with E-state index in [0.29, 0.717) is 16.7 Å². The molecule has 0 spiro atoms. The quantitative estimate of drug-likeness (QED) is 0.562. The fraction of sp³-hybridized carbons (Fsp3) is 0.414. The molecule has 3 aliphatic rings. The van der Waals surface area contributed by atoms with Gasteiger partial charge in [-0.2, -0.15) is 0 Å². The average molecular weight is 507 g/mol. The molecule has 0 radical (unpaired) electrons. The Hall–Kier alpha value is -2.85. The van der Waals surface area contributed by atoms with Gasteiger partial charge in [0.1, 0.15) is 35.3 Å². The summed E-state index contributed by atoms with van der Waals surface area (Å²) in [6.07, 6.45) is 0.600. The maximum Gasteiger partial charge on any atom is 0.193 e. The lowest BCUT2D eigenvalue weighted by Crippen LogP contribution is -2.52. The number of hydrogen-bond acceptors (Lipinski definition) is 8. The van der Waals surface area contributed by atoms with Crippen LogP contribution in [0.4, 0.5) is 0 Å². The molecule has 0 aliphatic carbocycles. The van der Waals surface area contributed by atoms with Crippen LogP contribution >= 0.6 is 0 Å². The highest BCUT2D eigenvalue weighted by Crippen LogP contribution is 2.47. The molecule has 3 saturated heterocycles. The average Bonchev–Trinajstić information content (AvgIpc) is 3.46. The highest BCUT2D eigenvalue weighted by Gasteiger charge is 2.65. The number of benzene rings is 2. The third-order valence-electron chi connectivity index (χ3n) is 6.97. The largest absolute Gasteiger partial charge is 0.456 e. The Morgan fingerprint density at radius 2 is 1.70 bits per heavy atom. The van der Waals surface area contributed by atoms with Gasteiger partial charge in [0.05, 0.1) is 12.0 Å². The van der Waals surface area contributed by atoms with Crippen molar-refractivity contribution in [2.45, 2.75) is 69.5 Å². The zero-order chi connectivity index (χ0) is 26.0. The third-order valence-corrected chi connectivity index (χ3v) is 6.97. The van der Waals surface area contributed by atoms with Crippen molar-refractivity contribution in [2.75, 3.05) is 6.61 Å². The highest BCUT2D eigenvalue weighted by molar-refractivity contribution is 5.81. The molecule has 2 aromatic carbocycles. The highest BCUT2D eigenvalue weighted by atomic mass is 16.8. The second-order valence-electron chi connectivity index (χ2n) is 10.7. The zero-order valence-electron chi connectivity index (χ0n) is 21.2. The standard InChI is InChI=1S/C29H30O8/c1-27(2)32-16-23(35-27)24-29(31,25-26(34-24)37-28(3,4)36-25)13-12-17-10-11-19-20(30)15-21(33-22(19)14-17)18-8-6-5-7-9-18/h5-15,23-26,31H,16H2,1-4H3/b13-12+/t23?,24-,25+,26-,29-/m1/s1. The van der Waals surface area contributed by atoms with Crippen LogP contribution in [-0.4, -0.2) is 53.5 Å². The van der Waals surface area contributed by atoms with Crippen molar-refractivity contribution < 1.29 is 33.2 Å². The number of fused-ring (bicyclic) bond motifs is 2. The first-order valence-corrected chi connectivity index (χ1v) is 12.4. The van der Waals surface area contributed by atoms with E-state index in [1.54, 1.807) is 44.2 Å². The van der Waals surface area contributed by atoms with Crippen molar-refractivity contribution in [3.05, 3.63) is 76.5 Å². The predicted molar refractivity (Wildman–Crippen MR) is 136 cm³/mol. The number of ether oxygens (including phenoxy) is 5. The topological polar surface area (TPSA) is 96.6 Å². The van der Waals surface area contributed by atoms with Crippen LogP contribution in [0.2, 0.25) is 0 Å². The Balaban J connectivity index is 1.35. The lowest BCUT2D eigenvalue weighted by molar-refractivity contribution is -0.241. The Labute approximate surface area is 214 Å². The van der Waals surface area contributed by atoms with Crippen LogP contribution in [0.25, 0.3) is 28.4 Å². The van der Waals surface area contributed by atoms with Crippen LogP contribution in [0.1, 0.15) is 33.3 Å². The van der Waals surface area contributed by atoms with Crippen LogP contribution in [0.15, 0.2) is 69.9 Å². The summed E-state index contributed by atoms with van der Waals surface area (Å²) in [5, 5.41) is 12.4. The molecule has 194 valence electrons. The van der Waals surface area contributed by atoms with Gasteiger partial charge in [-0.3, -0.25) is 4.79 Å². The van der Waals surface area contributed by atoms with E-state index < -0.39 is 41.8 Å². The summed E-state index contributed by atoms with van der Waals surface area (Å²) in [7, 11) is 0. The molecule has 6 rings (SSSR count). The maximum absolute atomic E-state index is 12.7. The molecule has 37 heavy (non-hydrogen) atoms. The molecule has 8 nitrogen and oxygen atoms in total. The SMILES string of the molecule is CC1(C)OCC([C@H]2O[C@@H]3OC(C)(C)O[C@@H]3[C@@]2(O)/C=C/c2ccc3c(=O)cc(-c4ccccc4)oc3c2)O1. The van der Waals surface area contributed by atoms with Gasteiger partial charge in [-0.15, -0.1) is 0 Å². The summed E-state index contributed by atoms with van der Waals surface area (Å²) in [5.74, 6) is -1.21. The van der Waals surface area contributed by atoms with E-state index in [1.807, 2.05) is 44.2 Å². The van der Waals surface area contributed by atoms with Crippen LogP contribution in [0.5, 0.6) is 0 Å². The van der Waals surface area contributed by atoms with Gasteiger partial charge < -0.3 is 33.2 Å². The maximum atomic E-state index is 12.7. The van der Waals surface area contributed by atoms with Crippen LogP contribution < -0.4 is 5.43 Å². The normalized spacial score (nSPS) is 32.4. The van der Waals surface area contributed by atoms with E-state index in [2.05, 4.69) is 0 Å². The third kappa shape index (κ3) is 4.44. The van der Waals surface area contributed by atoms with Gasteiger partial charge in [-0.05, 0) is 51.5 Å². The van der Waals surface area contributed by atoms with Crippen molar-refractivity contribution in [2.24, 2.45) is 0 Å². The minimum Gasteiger partial charge on any atom is -0.456 e. The summed E-state index contributed by atoms with van der Waals surface area (Å²) < 4.78 is 35.9. The molecule has 8 heteroatoms. The first-order chi connectivity index (χ1) is 17.5. The Morgan fingerprint density at radius 1 is 0.919 bits per heavy atom. The van der Waals surface area contributed by atoms with Gasteiger partial charge in [0, 0.05) is 11.6 Å². The summed E-state index contributed by atoms with van der Waals surface area (Å²) in [6.45, 7) is 7.46. The smallest absolute Gasteiger partial charge is 0.193 e. The van der Waals surface area contributed by atoms with Crippen LogP contribution in [0, 0.1) is 0 Å². The van der Waals surface area contributed by atoms with E-state index in [-0.39, 0.29) is 12.0 Å². The van der Waals surface area contributed by atoms with Crippen LogP contribution in [-0.2, 0) is 23.7 Å². The Kier molecular flexibility index (Phi) is 5.69. The fourth-order valence-corrected chi connectivity index (χ4v) is 5.25. The van der Waals surface area contributed by atoms with Gasteiger partial charge in [0.15, 0.2) is 23.3 Å². The first kappa shape index (κ1) is 24.5.